The number of rotatable bonds is 6. The fraction of sp³-hybridized carbons (Fsp3) is 0.0455. The average Bonchev–Trinajstić information content (AvgIpc) is 2.77. The van der Waals surface area contributed by atoms with Gasteiger partial charge in [-0.1, -0.05) is 6.07 Å². The minimum Gasteiger partial charge on any atom is -0.508 e. The summed E-state index contributed by atoms with van der Waals surface area (Å²) in [6.45, 7) is 0. The molecule has 174 valence electrons. The van der Waals surface area contributed by atoms with Gasteiger partial charge in [-0.2, -0.15) is 0 Å². The fourth-order valence-corrected chi connectivity index (χ4v) is 4.32. The topological polar surface area (TPSA) is 163 Å². The Hall–Kier alpha value is -3.84. The summed E-state index contributed by atoms with van der Waals surface area (Å²) in [6.07, 6.45) is 0. The number of carboxylic acid groups (broad SMARTS) is 1. The molecule has 0 fully saturated rings. The number of hydrogen-bond donors (Lipinski definition) is 4. The lowest BCUT2D eigenvalue weighted by molar-refractivity contribution is -0.126. The van der Waals surface area contributed by atoms with Crippen molar-refractivity contribution in [3.63, 3.8) is 0 Å². The quantitative estimate of drug-likeness (QED) is 0.175. The lowest BCUT2D eigenvalue weighted by Gasteiger charge is -2.17. The Morgan fingerprint density at radius 2 is 1.79 bits per heavy atom. The summed E-state index contributed by atoms with van der Waals surface area (Å²) < 4.78 is 21.0. The number of phenols is 1. The molecule has 1 aliphatic carbocycles. The molecule has 1 atom stereocenters. The van der Waals surface area contributed by atoms with Crippen LogP contribution in [0.15, 0.2) is 63.8 Å². The molecular weight excluding hydrogens is 486 g/mol. The molecule has 10 nitrogen and oxygen atoms in total. The maximum Gasteiger partial charge on any atom is 0.336 e. The largest absolute Gasteiger partial charge is 0.508 e. The Kier molecular flexibility index (Phi) is 6.06. The summed E-state index contributed by atoms with van der Waals surface area (Å²) in [5.41, 5.74) is 0.948. The third kappa shape index (κ3) is 4.61. The Morgan fingerprint density at radius 3 is 2.50 bits per heavy atom. The minimum absolute atomic E-state index is 0.0722. The first kappa shape index (κ1) is 23.3. The number of fused-ring (bicyclic) bond motifs is 2. The van der Waals surface area contributed by atoms with E-state index in [9.17, 15) is 28.8 Å². The summed E-state index contributed by atoms with van der Waals surface area (Å²) in [5, 5.41) is 31.1. The van der Waals surface area contributed by atoms with Crippen LogP contribution in [0.3, 0.4) is 0 Å². The number of carbonyl (C=O) groups is 2. The van der Waals surface area contributed by atoms with Crippen molar-refractivity contribution < 1.29 is 38.0 Å². The van der Waals surface area contributed by atoms with Crippen LogP contribution in [0.25, 0.3) is 33.4 Å². The standard InChI is InChI=1S/C22H15NO9S2/c24-12-2-5-15-18(8-12)31-19-9-13(25)3-6-16(19)21(15)14-4-1-11(7-17(14)22(27)28)23-20(26)10-34(30,33)32-29/h1-9,24,29H,10H2,(H,23,26)(H,27,28). The third-order valence-electron chi connectivity index (χ3n) is 4.90. The molecule has 1 unspecified atom stereocenters. The van der Waals surface area contributed by atoms with Gasteiger partial charge in [0, 0.05) is 45.5 Å². The number of aromatic hydroxyl groups is 1. The highest BCUT2D eigenvalue weighted by Crippen LogP contribution is 2.42. The highest BCUT2D eigenvalue weighted by molar-refractivity contribution is 8.30. The summed E-state index contributed by atoms with van der Waals surface area (Å²) in [4.78, 5) is 36.1. The van der Waals surface area contributed by atoms with Crippen molar-refractivity contribution >= 4 is 48.5 Å². The number of amides is 1. The molecule has 0 saturated carbocycles. The molecule has 2 aliphatic rings. The van der Waals surface area contributed by atoms with E-state index in [4.69, 9.17) is 9.67 Å². The minimum atomic E-state index is -3.67. The number of carboxylic acids is 1. The van der Waals surface area contributed by atoms with Gasteiger partial charge in [0.1, 0.15) is 22.8 Å². The van der Waals surface area contributed by atoms with Gasteiger partial charge >= 0.3 is 5.97 Å². The van der Waals surface area contributed by atoms with Gasteiger partial charge in [0.2, 0.25) is 5.91 Å². The Balaban J connectivity index is 1.90. The van der Waals surface area contributed by atoms with E-state index in [1.54, 1.807) is 6.07 Å². The van der Waals surface area contributed by atoms with E-state index >= 15 is 0 Å². The van der Waals surface area contributed by atoms with Crippen LogP contribution in [0, 0.1) is 0 Å². The van der Waals surface area contributed by atoms with Crippen LogP contribution in [0.5, 0.6) is 5.75 Å². The van der Waals surface area contributed by atoms with Gasteiger partial charge in [-0.15, -0.1) is 4.33 Å². The first-order valence-corrected chi connectivity index (χ1v) is 12.1. The zero-order valence-electron chi connectivity index (χ0n) is 17.0. The average molecular weight is 501 g/mol. The highest BCUT2D eigenvalue weighted by Gasteiger charge is 2.23. The number of hydrogen-bond acceptors (Lipinski definition) is 9. The van der Waals surface area contributed by atoms with Gasteiger partial charge in [0.05, 0.1) is 5.56 Å². The second-order valence-electron chi connectivity index (χ2n) is 7.21. The van der Waals surface area contributed by atoms with E-state index in [0.717, 1.165) is 0 Å². The zero-order chi connectivity index (χ0) is 24.6. The predicted octanol–water partition coefficient (Wildman–Crippen LogP) is 3.06. The van der Waals surface area contributed by atoms with Crippen molar-refractivity contribution in [3.05, 3.63) is 70.4 Å². The number of nitrogens with one attached hydrogen (secondary N) is 1. The van der Waals surface area contributed by atoms with Gasteiger partial charge in [0.25, 0.3) is 0 Å². The predicted molar refractivity (Wildman–Crippen MR) is 126 cm³/mol. The van der Waals surface area contributed by atoms with Crippen LogP contribution in [0.4, 0.5) is 5.69 Å². The fourth-order valence-electron chi connectivity index (χ4n) is 3.55. The molecule has 0 radical (unpaired) electrons. The normalized spacial score (nSPS) is 13.0. The van der Waals surface area contributed by atoms with E-state index in [1.807, 2.05) is 0 Å². The van der Waals surface area contributed by atoms with Crippen LogP contribution in [0.1, 0.15) is 10.4 Å². The van der Waals surface area contributed by atoms with Crippen LogP contribution in [-0.2, 0) is 29.1 Å². The number of phenolic OH excluding ortho intramolecular Hbond substituents is 1. The maximum absolute atomic E-state index is 12.1. The van der Waals surface area contributed by atoms with Crippen LogP contribution in [-0.4, -0.2) is 37.3 Å². The third-order valence-corrected chi connectivity index (χ3v) is 6.28. The van der Waals surface area contributed by atoms with E-state index in [0.29, 0.717) is 16.5 Å². The van der Waals surface area contributed by atoms with E-state index in [1.165, 1.54) is 48.5 Å². The Labute approximate surface area is 196 Å². The van der Waals surface area contributed by atoms with Crippen LogP contribution in [0.2, 0.25) is 0 Å². The number of aromatic carboxylic acids is 1. The number of anilines is 1. The monoisotopic (exact) mass is 501 g/mol. The molecule has 1 aliphatic heterocycles. The summed E-state index contributed by atoms with van der Waals surface area (Å²) >= 11 is 4.45. The summed E-state index contributed by atoms with van der Waals surface area (Å²) in [5.74, 6) is -2.87. The first-order chi connectivity index (χ1) is 16.1. The van der Waals surface area contributed by atoms with Crippen molar-refractivity contribution in [2.24, 2.45) is 0 Å². The van der Waals surface area contributed by atoms with Gasteiger partial charge < -0.3 is 19.9 Å². The first-order valence-electron chi connectivity index (χ1n) is 9.51. The van der Waals surface area contributed by atoms with Gasteiger partial charge in [-0.25, -0.2) is 14.3 Å². The van der Waals surface area contributed by atoms with Gasteiger partial charge in [-0.3, -0.25) is 9.59 Å². The molecule has 1 heterocycles. The van der Waals surface area contributed by atoms with Crippen molar-refractivity contribution in [2.75, 3.05) is 11.1 Å². The molecule has 0 spiro atoms. The van der Waals surface area contributed by atoms with Crippen molar-refractivity contribution in [3.8, 4) is 28.2 Å². The van der Waals surface area contributed by atoms with Crippen LogP contribution < -0.4 is 10.7 Å². The zero-order valence-corrected chi connectivity index (χ0v) is 18.6. The molecule has 2 aromatic carbocycles. The van der Waals surface area contributed by atoms with Crippen molar-refractivity contribution in [1.29, 1.82) is 0 Å². The van der Waals surface area contributed by atoms with Crippen LogP contribution >= 0.6 is 0 Å². The van der Waals surface area contributed by atoms with Crippen molar-refractivity contribution in [2.45, 2.75) is 0 Å². The molecule has 0 aromatic heterocycles. The molecule has 12 heteroatoms. The number of carbonyl (C=O) groups excluding carboxylic acids is 1. The van der Waals surface area contributed by atoms with Gasteiger partial charge in [-0.05, 0) is 42.0 Å². The Bertz CT molecular complexity index is 1590. The summed E-state index contributed by atoms with van der Waals surface area (Å²) in [6, 6.07) is 12.5. The van der Waals surface area contributed by atoms with Gasteiger partial charge in [0.15, 0.2) is 14.2 Å². The molecule has 0 saturated heterocycles. The Morgan fingerprint density at radius 1 is 1.06 bits per heavy atom. The SMILES string of the molecule is O=C(CS(=O)(=S)OO)Nc1ccc(-c2c3ccc(=O)cc-3oc3cc(O)ccc23)c(C(=O)O)c1. The van der Waals surface area contributed by atoms with Crippen molar-refractivity contribution in [1.82, 2.24) is 0 Å². The second-order valence-corrected chi connectivity index (χ2v) is 10.3. The molecular formula is C22H15NO9S2. The number of benzene rings is 3. The van der Waals surface area contributed by atoms with E-state index in [-0.39, 0.29) is 39.3 Å². The second kappa shape index (κ2) is 8.83. The van der Waals surface area contributed by atoms with E-state index < -0.39 is 26.4 Å². The highest BCUT2D eigenvalue weighted by atomic mass is 32.8. The molecule has 0 bridgehead atoms. The smallest absolute Gasteiger partial charge is 0.336 e. The lowest BCUT2D eigenvalue weighted by Crippen LogP contribution is -2.23. The van der Waals surface area contributed by atoms with E-state index in [2.05, 4.69) is 20.8 Å². The molecule has 34 heavy (non-hydrogen) atoms. The maximum atomic E-state index is 12.1. The summed E-state index contributed by atoms with van der Waals surface area (Å²) in [7, 11) is -3.67. The lowest BCUT2D eigenvalue weighted by atomic mass is 9.90. The molecule has 1 amide bonds. The molecule has 4 N–H and O–H groups in total. The molecule has 4 rings (SSSR count). The molecule has 2 aromatic rings.